The molecule has 1 aromatic rings. The van der Waals surface area contributed by atoms with Crippen LogP contribution < -0.4 is 11.1 Å². The second-order valence-electron chi connectivity index (χ2n) is 3.77. The number of benzene rings is 1. The van der Waals surface area contributed by atoms with Crippen molar-refractivity contribution in [2.45, 2.75) is 19.9 Å². The Hall–Kier alpha value is -0.940. The van der Waals surface area contributed by atoms with E-state index in [4.69, 9.17) is 5.73 Å². The average molecular weight is 289 g/mol. The first kappa shape index (κ1) is 13.1. The summed E-state index contributed by atoms with van der Waals surface area (Å²) < 4.78 is 13.5. The number of amides is 1. The zero-order valence-corrected chi connectivity index (χ0v) is 10.7. The van der Waals surface area contributed by atoms with Gasteiger partial charge in [0.25, 0.3) is 0 Å². The summed E-state index contributed by atoms with van der Waals surface area (Å²) in [5.41, 5.74) is 6.03. The lowest BCUT2D eigenvalue weighted by Crippen LogP contribution is -2.34. The molecule has 0 radical (unpaired) electrons. The van der Waals surface area contributed by atoms with Gasteiger partial charge in [-0.25, -0.2) is 4.39 Å². The summed E-state index contributed by atoms with van der Waals surface area (Å²) in [6.45, 7) is 3.49. The number of anilines is 1. The number of halogens is 2. The lowest BCUT2D eigenvalue weighted by atomic mass is 10.0. The van der Waals surface area contributed by atoms with E-state index in [0.29, 0.717) is 10.2 Å². The molecule has 1 rings (SSSR count). The molecule has 0 fully saturated rings. The van der Waals surface area contributed by atoms with Crippen molar-refractivity contribution in [3.05, 3.63) is 28.5 Å². The molecule has 0 bridgehead atoms. The van der Waals surface area contributed by atoms with Crippen LogP contribution in [0.25, 0.3) is 0 Å². The van der Waals surface area contributed by atoms with Gasteiger partial charge in [0.2, 0.25) is 5.91 Å². The van der Waals surface area contributed by atoms with Gasteiger partial charge in [-0.1, -0.05) is 6.92 Å². The summed E-state index contributed by atoms with van der Waals surface area (Å²) in [6, 6.07) is 4.19. The molecule has 16 heavy (non-hydrogen) atoms. The highest BCUT2D eigenvalue weighted by Crippen LogP contribution is 2.19. The van der Waals surface area contributed by atoms with Gasteiger partial charge in [0, 0.05) is 11.7 Å². The Morgan fingerprint density at radius 2 is 2.12 bits per heavy atom. The number of hydrogen-bond donors (Lipinski definition) is 2. The van der Waals surface area contributed by atoms with Gasteiger partial charge in [-0.3, -0.25) is 4.79 Å². The summed E-state index contributed by atoms with van der Waals surface area (Å²) in [7, 11) is 0. The SMILES string of the molecule is CC(N)C(C)C(=O)Nc1ccc(Br)c(F)c1. The van der Waals surface area contributed by atoms with Crippen molar-refractivity contribution < 1.29 is 9.18 Å². The van der Waals surface area contributed by atoms with Gasteiger partial charge in [-0.05, 0) is 41.1 Å². The Morgan fingerprint density at radius 1 is 1.50 bits per heavy atom. The number of nitrogens with one attached hydrogen (secondary N) is 1. The van der Waals surface area contributed by atoms with Crippen LogP contribution in [-0.4, -0.2) is 11.9 Å². The van der Waals surface area contributed by atoms with Gasteiger partial charge < -0.3 is 11.1 Å². The van der Waals surface area contributed by atoms with Crippen LogP contribution in [0.5, 0.6) is 0 Å². The maximum atomic E-state index is 13.2. The Balaban J connectivity index is 2.74. The average Bonchev–Trinajstić information content (AvgIpc) is 2.22. The summed E-state index contributed by atoms with van der Waals surface area (Å²) in [5.74, 6) is -0.935. The normalized spacial score (nSPS) is 14.3. The third-order valence-electron chi connectivity index (χ3n) is 2.39. The Kier molecular flexibility index (Phi) is 4.44. The van der Waals surface area contributed by atoms with Crippen LogP contribution in [0.3, 0.4) is 0 Å². The fourth-order valence-corrected chi connectivity index (χ4v) is 1.32. The van der Waals surface area contributed by atoms with E-state index in [1.165, 1.54) is 6.07 Å². The van der Waals surface area contributed by atoms with Crippen molar-refractivity contribution in [2.75, 3.05) is 5.32 Å². The highest BCUT2D eigenvalue weighted by molar-refractivity contribution is 9.10. The molecule has 0 heterocycles. The minimum Gasteiger partial charge on any atom is -0.327 e. The third kappa shape index (κ3) is 3.28. The van der Waals surface area contributed by atoms with Crippen LogP contribution in [0, 0.1) is 11.7 Å². The molecule has 0 aromatic heterocycles. The van der Waals surface area contributed by atoms with Crippen molar-refractivity contribution in [3.63, 3.8) is 0 Å². The molecule has 1 amide bonds. The van der Waals surface area contributed by atoms with Crippen molar-refractivity contribution in [3.8, 4) is 0 Å². The Bertz CT molecular complexity index is 396. The van der Waals surface area contributed by atoms with Crippen LogP contribution in [0.15, 0.2) is 22.7 Å². The monoisotopic (exact) mass is 288 g/mol. The van der Waals surface area contributed by atoms with Crippen molar-refractivity contribution >= 4 is 27.5 Å². The second kappa shape index (κ2) is 5.41. The molecule has 0 aliphatic heterocycles. The smallest absolute Gasteiger partial charge is 0.228 e. The van der Waals surface area contributed by atoms with Gasteiger partial charge in [-0.2, -0.15) is 0 Å². The van der Waals surface area contributed by atoms with Crippen LogP contribution in [0.1, 0.15) is 13.8 Å². The zero-order valence-electron chi connectivity index (χ0n) is 9.13. The highest BCUT2D eigenvalue weighted by atomic mass is 79.9. The van der Waals surface area contributed by atoms with Crippen LogP contribution >= 0.6 is 15.9 Å². The minimum absolute atomic E-state index is 0.211. The Morgan fingerprint density at radius 3 is 2.62 bits per heavy atom. The zero-order chi connectivity index (χ0) is 12.3. The molecule has 0 saturated heterocycles. The topological polar surface area (TPSA) is 55.1 Å². The van der Waals surface area contributed by atoms with Crippen molar-refractivity contribution in [2.24, 2.45) is 11.7 Å². The van der Waals surface area contributed by atoms with Gasteiger partial charge in [0.1, 0.15) is 5.82 Å². The molecule has 0 aliphatic carbocycles. The minimum atomic E-state index is -0.411. The summed E-state index contributed by atoms with van der Waals surface area (Å²) in [6.07, 6.45) is 0. The maximum Gasteiger partial charge on any atom is 0.228 e. The first-order chi connectivity index (χ1) is 7.41. The first-order valence-corrected chi connectivity index (χ1v) is 5.72. The molecule has 88 valence electrons. The molecular formula is C11H14BrFN2O. The number of rotatable bonds is 3. The highest BCUT2D eigenvalue weighted by Gasteiger charge is 2.17. The quantitative estimate of drug-likeness (QED) is 0.898. The van der Waals surface area contributed by atoms with E-state index in [-0.39, 0.29) is 17.9 Å². The fraction of sp³-hybridized carbons (Fsp3) is 0.364. The molecule has 1 aromatic carbocycles. The third-order valence-corrected chi connectivity index (χ3v) is 3.03. The number of carbonyl (C=O) groups is 1. The predicted molar refractivity (Wildman–Crippen MR) is 65.5 cm³/mol. The molecular weight excluding hydrogens is 275 g/mol. The number of hydrogen-bond acceptors (Lipinski definition) is 2. The first-order valence-electron chi connectivity index (χ1n) is 4.93. The largest absolute Gasteiger partial charge is 0.327 e. The van der Waals surface area contributed by atoms with E-state index in [2.05, 4.69) is 21.2 Å². The van der Waals surface area contributed by atoms with Crippen LogP contribution in [-0.2, 0) is 4.79 Å². The lowest BCUT2D eigenvalue weighted by molar-refractivity contribution is -0.119. The van der Waals surface area contributed by atoms with Gasteiger partial charge >= 0.3 is 0 Å². The summed E-state index contributed by atoms with van der Waals surface area (Å²) in [4.78, 5) is 11.6. The molecule has 0 saturated carbocycles. The molecule has 0 spiro atoms. The fourth-order valence-electron chi connectivity index (χ4n) is 1.07. The summed E-state index contributed by atoms with van der Waals surface area (Å²) >= 11 is 3.04. The predicted octanol–water partition coefficient (Wildman–Crippen LogP) is 2.51. The molecule has 0 aliphatic rings. The standard InChI is InChI=1S/C11H14BrFN2O/c1-6(7(2)14)11(16)15-8-3-4-9(12)10(13)5-8/h3-7H,14H2,1-2H3,(H,15,16). The van der Waals surface area contributed by atoms with E-state index >= 15 is 0 Å². The van der Waals surface area contributed by atoms with Crippen molar-refractivity contribution in [1.82, 2.24) is 0 Å². The van der Waals surface area contributed by atoms with Crippen LogP contribution in [0.2, 0.25) is 0 Å². The van der Waals surface area contributed by atoms with Crippen LogP contribution in [0.4, 0.5) is 10.1 Å². The van der Waals surface area contributed by atoms with E-state index in [1.807, 2.05) is 0 Å². The van der Waals surface area contributed by atoms with E-state index in [9.17, 15) is 9.18 Å². The molecule has 3 N–H and O–H groups in total. The van der Waals surface area contributed by atoms with E-state index in [0.717, 1.165) is 0 Å². The summed E-state index contributed by atoms with van der Waals surface area (Å²) in [5, 5.41) is 2.61. The Labute approximate surface area is 102 Å². The lowest BCUT2D eigenvalue weighted by Gasteiger charge is -2.15. The van der Waals surface area contributed by atoms with E-state index in [1.54, 1.807) is 26.0 Å². The van der Waals surface area contributed by atoms with E-state index < -0.39 is 5.82 Å². The number of carbonyl (C=O) groups excluding carboxylic acids is 1. The number of nitrogens with two attached hydrogens (primary N) is 1. The molecule has 5 heteroatoms. The molecule has 2 atom stereocenters. The van der Waals surface area contributed by atoms with Gasteiger partial charge in [-0.15, -0.1) is 0 Å². The molecule has 2 unspecified atom stereocenters. The van der Waals surface area contributed by atoms with Gasteiger partial charge in [0.15, 0.2) is 0 Å². The van der Waals surface area contributed by atoms with Gasteiger partial charge in [0.05, 0.1) is 10.4 Å². The second-order valence-corrected chi connectivity index (χ2v) is 4.62. The van der Waals surface area contributed by atoms with Crippen molar-refractivity contribution in [1.29, 1.82) is 0 Å². The molecule has 3 nitrogen and oxygen atoms in total. The maximum absolute atomic E-state index is 13.2.